The maximum Gasteiger partial charge on any atom is 0.0465 e. The van der Waals surface area contributed by atoms with Crippen LogP contribution in [0.3, 0.4) is 0 Å². The molecule has 0 saturated carbocycles. The third-order valence-corrected chi connectivity index (χ3v) is 2.56. The van der Waals surface area contributed by atoms with E-state index in [4.69, 9.17) is 4.74 Å². The molecule has 0 rings (SSSR count). The van der Waals surface area contributed by atoms with E-state index in [1.54, 1.807) is 0 Å². The monoisotopic (exact) mass is 208 g/mol. The van der Waals surface area contributed by atoms with Crippen LogP contribution in [-0.4, -0.2) is 18.5 Å². The molecule has 0 aliphatic heterocycles. The molecule has 0 aromatic carbocycles. The van der Waals surface area contributed by atoms with Crippen molar-refractivity contribution in [3.8, 4) is 0 Å². The molecule has 1 unspecified atom stereocenters. The summed E-state index contributed by atoms with van der Waals surface area (Å²) in [6.45, 7) is 6.06. The highest BCUT2D eigenvalue weighted by Gasteiger charge is 1.97. The van der Waals surface area contributed by atoms with Gasteiger partial charge in [0.25, 0.3) is 0 Å². The Morgan fingerprint density at radius 3 is 2.70 bits per heavy atom. The molecule has 0 amide bonds. The van der Waals surface area contributed by atoms with Crippen molar-refractivity contribution in [1.29, 1.82) is 0 Å². The van der Waals surface area contributed by atoms with Crippen LogP contribution in [-0.2, 0) is 4.74 Å². The number of halogens is 1. The molecule has 0 spiro atoms. The highest BCUT2D eigenvalue weighted by Crippen LogP contribution is 2.07. The summed E-state index contributed by atoms with van der Waals surface area (Å²) in [5, 5.41) is 1.11. The van der Waals surface area contributed by atoms with Gasteiger partial charge in [-0.05, 0) is 25.7 Å². The molecular weight excluding hydrogens is 192 g/mol. The summed E-state index contributed by atoms with van der Waals surface area (Å²) in [5.41, 5.74) is 0. The summed E-state index contributed by atoms with van der Waals surface area (Å²) in [5.74, 6) is 0.792. The molecule has 10 heavy (non-hydrogen) atoms. The maximum absolute atomic E-state index is 5.21. The quantitative estimate of drug-likeness (QED) is 0.482. The van der Waals surface area contributed by atoms with Gasteiger partial charge in [0.15, 0.2) is 0 Å². The molecule has 0 aliphatic rings. The topological polar surface area (TPSA) is 9.23 Å². The fourth-order valence-corrected chi connectivity index (χ4v) is 1.08. The van der Waals surface area contributed by atoms with E-state index < -0.39 is 0 Å². The average Bonchev–Trinajstić information content (AvgIpc) is 1.98. The van der Waals surface area contributed by atoms with Gasteiger partial charge in [-0.1, -0.05) is 22.9 Å². The molecular formula is C8H17BrO. The van der Waals surface area contributed by atoms with Crippen LogP contribution in [0.1, 0.15) is 26.7 Å². The first-order valence-electron chi connectivity index (χ1n) is 3.95. The molecule has 2 heteroatoms. The minimum Gasteiger partial charge on any atom is -0.382 e. The van der Waals surface area contributed by atoms with E-state index in [9.17, 15) is 0 Å². The van der Waals surface area contributed by atoms with Gasteiger partial charge in [-0.2, -0.15) is 0 Å². The second-order valence-corrected chi connectivity index (χ2v) is 3.25. The maximum atomic E-state index is 5.21. The van der Waals surface area contributed by atoms with Crippen molar-refractivity contribution in [3.63, 3.8) is 0 Å². The van der Waals surface area contributed by atoms with Crippen molar-refractivity contribution in [2.75, 3.05) is 18.5 Å². The molecule has 0 aliphatic carbocycles. The number of alkyl halides is 1. The molecule has 0 bridgehead atoms. The minimum atomic E-state index is 0.792. The molecule has 0 aromatic rings. The highest BCUT2D eigenvalue weighted by atomic mass is 79.9. The number of ether oxygens (including phenoxy) is 1. The molecule has 0 radical (unpaired) electrons. The zero-order valence-electron chi connectivity index (χ0n) is 6.90. The Balaban J connectivity index is 2.89. The first-order valence-corrected chi connectivity index (χ1v) is 5.07. The van der Waals surface area contributed by atoms with Gasteiger partial charge in [0.05, 0.1) is 0 Å². The predicted octanol–water partition coefficient (Wildman–Crippen LogP) is 2.83. The van der Waals surface area contributed by atoms with Crippen LogP contribution in [0.4, 0.5) is 0 Å². The van der Waals surface area contributed by atoms with Gasteiger partial charge in [0.2, 0.25) is 0 Å². The summed E-state index contributed by atoms with van der Waals surface area (Å²) in [6.07, 6.45) is 2.46. The zero-order valence-corrected chi connectivity index (χ0v) is 8.49. The lowest BCUT2D eigenvalue weighted by Crippen LogP contribution is -1.99. The number of hydrogen-bond donors (Lipinski definition) is 0. The Morgan fingerprint density at radius 2 is 2.20 bits per heavy atom. The van der Waals surface area contributed by atoms with E-state index in [0.717, 1.165) is 24.5 Å². The van der Waals surface area contributed by atoms with Gasteiger partial charge in [0, 0.05) is 18.5 Å². The average molecular weight is 209 g/mol. The largest absolute Gasteiger partial charge is 0.382 e. The molecule has 0 fully saturated rings. The second-order valence-electron chi connectivity index (χ2n) is 2.60. The van der Waals surface area contributed by atoms with Crippen molar-refractivity contribution in [3.05, 3.63) is 0 Å². The van der Waals surface area contributed by atoms with Gasteiger partial charge in [0.1, 0.15) is 0 Å². The summed E-state index contributed by atoms with van der Waals surface area (Å²) in [6, 6.07) is 0. The second kappa shape index (κ2) is 7.55. The van der Waals surface area contributed by atoms with Crippen molar-refractivity contribution in [1.82, 2.24) is 0 Å². The minimum absolute atomic E-state index is 0.792. The lowest BCUT2D eigenvalue weighted by Gasteiger charge is -2.05. The highest BCUT2D eigenvalue weighted by molar-refractivity contribution is 9.09. The molecule has 0 heterocycles. The third-order valence-electron chi connectivity index (χ3n) is 1.45. The van der Waals surface area contributed by atoms with Crippen LogP contribution >= 0.6 is 15.9 Å². The summed E-state index contributed by atoms with van der Waals surface area (Å²) >= 11 is 3.44. The van der Waals surface area contributed by atoms with Gasteiger partial charge < -0.3 is 4.74 Å². The number of rotatable bonds is 6. The SMILES string of the molecule is CCOCCCC(C)CBr. The van der Waals surface area contributed by atoms with Gasteiger partial charge >= 0.3 is 0 Å². The summed E-state index contributed by atoms with van der Waals surface area (Å²) < 4.78 is 5.21. The van der Waals surface area contributed by atoms with Crippen LogP contribution < -0.4 is 0 Å². The van der Waals surface area contributed by atoms with Crippen LogP contribution in [0.25, 0.3) is 0 Å². The first kappa shape index (κ1) is 10.4. The molecule has 1 nitrogen and oxygen atoms in total. The van der Waals surface area contributed by atoms with E-state index in [1.165, 1.54) is 12.8 Å². The van der Waals surface area contributed by atoms with E-state index in [0.29, 0.717) is 0 Å². The Kier molecular flexibility index (Phi) is 7.88. The lowest BCUT2D eigenvalue weighted by molar-refractivity contribution is 0.141. The van der Waals surface area contributed by atoms with Gasteiger partial charge in [-0.15, -0.1) is 0 Å². The molecule has 1 atom stereocenters. The molecule has 62 valence electrons. The first-order chi connectivity index (χ1) is 4.81. The normalized spacial score (nSPS) is 13.5. The summed E-state index contributed by atoms with van der Waals surface area (Å²) in [4.78, 5) is 0. The predicted molar refractivity (Wildman–Crippen MR) is 48.7 cm³/mol. The van der Waals surface area contributed by atoms with Crippen molar-refractivity contribution < 1.29 is 4.74 Å². The van der Waals surface area contributed by atoms with E-state index >= 15 is 0 Å². The van der Waals surface area contributed by atoms with Crippen LogP contribution in [0.2, 0.25) is 0 Å². The Morgan fingerprint density at radius 1 is 1.50 bits per heavy atom. The number of hydrogen-bond acceptors (Lipinski definition) is 1. The smallest absolute Gasteiger partial charge is 0.0465 e. The van der Waals surface area contributed by atoms with Gasteiger partial charge in [-0.25, -0.2) is 0 Å². The van der Waals surface area contributed by atoms with Crippen molar-refractivity contribution in [2.45, 2.75) is 26.7 Å². The van der Waals surface area contributed by atoms with E-state index in [-0.39, 0.29) is 0 Å². The third kappa shape index (κ3) is 6.56. The Hall–Kier alpha value is 0.440. The molecule has 0 aromatic heterocycles. The zero-order chi connectivity index (χ0) is 7.82. The van der Waals surface area contributed by atoms with Crippen molar-refractivity contribution in [2.24, 2.45) is 5.92 Å². The summed E-state index contributed by atoms with van der Waals surface area (Å²) in [7, 11) is 0. The lowest BCUT2D eigenvalue weighted by atomic mass is 10.1. The van der Waals surface area contributed by atoms with E-state index in [2.05, 4.69) is 22.9 Å². The fraction of sp³-hybridized carbons (Fsp3) is 1.00. The fourth-order valence-electron chi connectivity index (χ4n) is 0.755. The Bertz CT molecular complexity index is 66.3. The van der Waals surface area contributed by atoms with Gasteiger partial charge in [-0.3, -0.25) is 0 Å². The van der Waals surface area contributed by atoms with Crippen LogP contribution in [0.5, 0.6) is 0 Å². The standard InChI is InChI=1S/C8H17BrO/c1-3-10-6-4-5-8(2)7-9/h8H,3-7H2,1-2H3. The van der Waals surface area contributed by atoms with Crippen molar-refractivity contribution >= 4 is 15.9 Å². The van der Waals surface area contributed by atoms with E-state index in [1.807, 2.05) is 6.92 Å². The molecule has 0 saturated heterocycles. The Labute approximate surface area is 72.3 Å². The van der Waals surface area contributed by atoms with Crippen LogP contribution in [0, 0.1) is 5.92 Å². The molecule has 0 N–H and O–H groups in total. The van der Waals surface area contributed by atoms with Crippen LogP contribution in [0.15, 0.2) is 0 Å².